The van der Waals surface area contributed by atoms with Crippen molar-refractivity contribution in [3.63, 3.8) is 0 Å². The second-order valence-corrected chi connectivity index (χ2v) is 4.32. The predicted molar refractivity (Wildman–Crippen MR) is 66.4 cm³/mol. The molecule has 2 nitrogen and oxygen atoms in total. The fraction of sp³-hybridized carbons (Fsp3) is 0.769. The summed E-state index contributed by atoms with van der Waals surface area (Å²) in [7, 11) is 0. The molecule has 0 bridgehead atoms. The monoisotopic (exact) mass is 283 g/mol. The number of allylic oxidation sites excluding steroid dienone is 1. The van der Waals surface area contributed by atoms with Gasteiger partial charge in [-0.05, 0) is 20.3 Å². The third kappa shape index (κ3) is 3.48. The molecule has 0 fully saturated rings. The number of carbonyl (C=O) groups excluding carboxylic acids is 1. The Labute approximate surface area is 111 Å². The summed E-state index contributed by atoms with van der Waals surface area (Å²) in [4.78, 5) is 12.8. The molecule has 0 N–H and O–H groups in total. The van der Waals surface area contributed by atoms with Gasteiger partial charge in [0.05, 0.1) is 0 Å². The van der Waals surface area contributed by atoms with Crippen LogP contribution < -0.4 is 0 Å². The molecule has 0 aliphatic rings. The van der Waals surface area contributed by atoms with E-state index in [1.165, 1.54) is 13.8 Å². The van der Waals surface area contributed by atoms with E-state index >= 15 is 0 Å². The smallest absolute Gasteiger partial charge is 0.340 e. The van der Waals surface area contributed by atoms with Gasteiger partial charge in [0.15, 0.2) is 0 Å². The van der Waals surface area contributed by atoms with Gasteiger partial charge in [0.2, 0.25) is 0 Å². The average Bonchev–Trinajstić information content (AvgIpc) is 2.34. The van der Waals surface area contributed by atoms with Crippen molar-refractivity contribution in [3.05, 3.63) is 12.7 Å². The first-order chi connectivity index (χ1) is 8.70. The zero-order valence-corrected chi connectivity index (χ0v) is 11.6. The van der Waals surface area contributed by atoms with Crippen LogP contribution in [0, 0.1) is 5.92 Å². The van der Waals surface area contributed by atoms with Crippen LogP contribution in [0.25, 0.3) is 0 Å². The maximum absolute atomic E-state index is 14.6. The average molecular weight is 283 g/mol. The number of hydrogen-bond acceptors (Lipinski definition) is 1. The third-order valence-corrected chi connectivity index (χ3v) is 3.17. The van der Waals surface area contributed by atoms with Gasteiger partial charge in [-0.2, -0.15) is 13.2 Å². The van der Waals surface area contributed by atoms with Gasteiger partial charge >= 0.3 is 6.18 Å². The van der Waals surface area contributed by atoms with Gasteiger partial charge in [0.25, 0.3) is 11.6 Å². The van der Waals surface area contributed by atoms with E-state index in [9.17, 15) is 22.4 Å². The molecular weight excluding hydrogens is 262 g/mol. The molecule has 2 atom stereocenters. The minimum absolute atomic E-state index is 0.0348. The quantitative estimate of drug-likeness (QED) is 0.515. The van der Waals surface area contributed by atoms with Gasteiger partial charge in [-0.15, -0.1) is 6.58 Å². The number of hydrogen-bond donors (Lipinski definition) is 0. The number of carbonyl (C=O) groups is 1. The first kappa shape index (κ1) is 17.9. The van der Waals surface area contributed by atoms with Crippen LogP contribution in [0.5, 0.6) is 0 Å². The Hall–Kier alpha value is -1.07. The molecule has 1 unspecified atom stereocenters. The van der Waals surface area contributed by atoms with E-state index in [-0.39, 0.29) is 19.5 Å². The van der Waals surface area contributed by atoms with E-state index in [2.05, 4.69) is 6.58 Å². The number of rotatable bonds is 7. The topological polar surface area (TPSA) is 20.3 Å². The summed E-state index contributed by atoms with van der Waals surface area (Å²) in [6.45, 7) is 7.98. The molecule has 19 heavy (non-hydrogen) atoms. The summed E-state index contributed by atoms with van der Waals surface area (Å²) < 4.78 is 53.8. The summed E-state index contributed by atoms with van der Waals surface area (Å²) in [5.41, 5.74) is -3.89. The summed E-state index contributed by atoms with van der Waals surface area (Å²) in [5, 5.41) is 0. The molecule has 0 spiro atoms. The zero-order chi connectivity index (χ0) is 15.3. The van der Waals surface area contributed by atoms with Crippen LogP contribution in [0.15, 0.2) is 12.7 Å². The molecule has 0 aromatic heterocycles. The van der Waals surface area contributed by atoms with E-state index in [4.69, 9.17) is 0 Å². The summed E-state index contributed by atoms with van der Waals surface area (Å²) in [6.07, 6.45) is -4.10. The lowest BCUT2D eigenvalue weighted by molar-refractivity contribution is -0.243. The number of halogens is 4. The van der Waals surface area contributed by atoms with Gasteiger partial charge in [0.1, 0.15) is 0 Å². The van der Waals surface area contributed by atoms with Crippen LogP contribution in [0.3, 0.4) is 0 Å². The van der Waals surface area contributed by atoms with Gasteiger partial charge in [-0.1, -0.05) is 19.4 Å². The molecule has 0 aliphatic heterocycles. The second-order valence-electron chi connectivity index (χ2n) is 4.32. The molecule has 0 saturated carbocycles. The summed E-state index contributed by atoms with van der Waals surface area (Å²) in [6, 6.07) is 0. The van der Waals surface area contributed by atoms with Crippen molar-refractivity contribution in [1.82, 2.24) is 4.90 Å². The second kappa shape index (κ2) is 6.91. The van der Waals surface area contributed by atoms with E-state index in [0.717, 1.165) is 11.0 Å². The number of amides is 1. The molecule has 6 heteroatoms. The highest BCUT2D eigenvalue weighted by Gasteiger charge is 2.65. The molecule has 0 aromatic carbocycles. The first-order valence-electron chi connectivity index (χ1n) is 6.38. The van der Waals surface area contributed by atoms with Crippen LogP contribution in [0.2, 0.25) is 0 Å². The molecule has 0 rings (SSSR count). The van der Waals surface area contributed by atoms with Crippen LogP contribution in [-0.4, -0.2) is 35.7 Å². The minimum Gasteiger partial charge on any atom is -0.340 e. The summed E-state index contributed by atoms with van der Waals surface area (Å²) in [5.74, 6) is -3.09. The molecule has 0 aromatic rings. The maximum Gasteiger partial charge on any atom is 0.432 e. The lowest BCUT2D eigenvalue weighted by atomic mass is 9.83. The van der Waals surface area contributed by atoms with Crippen molar-refractivity contribution in [2.45, 2.75) is 45.5 Å². The Morgan fingerprint density at radius 1 is 1.21 bits per heavy atom. The van der Waals surface area contributed by atoms with Gasteiger partial charge in [0, 0.05) is 19.0 Å². The van der Waals surface area contributed by atoms with E-state index < -0.39 is 23.7 Å². The van der Waals surface area contributed by atoms with Gasteiger partial charge in [-0.25, -0.2) is 4.39 Å². The highest BCUT2D eigenvalue weighted by molar-refractivity contribution is 5.86. The Balaban J connectivity index is 5.65. The molecule has 0 aliphatic carbocycles. The van der Waals surface area contributed by atoms with Crippen molar-refractivity contribution in [2.24, 2.45) is 5.92 Å². The highest BCUT2D eigenvalue weighted by Crippen LogP contribution is 2.43. The molecule has 0 radical (unpaired) electrons. The predicted octanol–water partition coefficient (Wildman–Crippen LogP) is 3.73. The van der Waals surface area contributed by atoms with E-state index in [1.54, 1.807) is 6.92 Å². The molecular formula is C13H21F4NO. The molecule has 0 saturated heterocycles. The molecule has 112 valence electrons. The minimum atomic E-state index is -5.25. The lowest BCUT2D eigenvalue weighted by Gasteiger charge is -2.36. The maximum atomic E-state index is 14.6. The SMILES string of the molecule is C=CC(CCC)[C@@](F)(C(=O)N(CC)CC)C(F)(F)F. The largest absolute Gasteiger partial charge is 0.432 e. The van der Waals surface area contributed by atoms with Crippen LogP contribution in [-0.2, 0) is 4.79 Å². The van der Waals surface area contributed by atoms with Crippen molar-refractivity contribution < 1.29 is 22.4 Å². The van der Waals surface area contributed by atoms with E-state index in [0.29, 0.717) is 6.42 Å². The van der Waals surface area contributed by atoms with Gasteiger partial charge in [-0.3, -0.25) is 4.79 Å². The number of alkyl halides is 4. The van der Waals surface area contributed by atoms with Crippen LogP contribution in [0.4, 0.5) is 17.6 Å². The first-order valence-corrected chi connectivity index (χ1v) is 6.38. The Kier molecular flexibility index (Phi) is 6.52. The highest BCUT2D eigenvalue weighted by atomic mass is 19.4. The van der Waals surface area contributed by atoms with Gasteiger partial charge < -0.3 is 4.90 Å². The van der Waals surface area contributed by atoms with Crippen molar-refractivity contribution in [1.29, 1.82) is 0 Å². The van der Waals surface area contributed by atoms with Crippen molar-refractivity contribution >= 4 is 5.91 Å². The third-order valence-electron chi connectivity index (χ3n) is 3.17. The number of nitrogens with zero attached hydrogens (tertiary/aromatic N) is 1. The van der Waals surface area contributed by atoms with Crippen molar-refractivity contribution in [3.8, 4) is 0 Å². The fourth-order valence-electron chi connectivity index (χ4n) is 2.02. The normalized spacial score (nSPS) is 16.6. The molecule has 0 heterocycles. The van der Waals surface area contributed by atoms with Crippen LogP contribution >= 0.6 is 0 Å². The Morgan fingerprint density at radius 3 is 1.95 bits per heavy atom. The van der Waals surface area contributed by atoms with Crippen molar-refractivity contribution in [2.75, 3.05) is 13.1 Å². The Bertz CT molecular complexity index is 312. The molecule has 1 amide bonds. The zero-order valence-electron chi connectivity index (χ0n) is 11.6. The lowest BCUT2D eigenvalue weighted by Crippen LogP contribution is -2.58. The summed E-state index contributed by atoms with van der Waals surface area (Å²) >= 11 is 0. The van der Waals surface area contributed by atoms with E-state index in [1.807, 2.05) is 0 Å². The fourth-order valence-corrected chi connectivity index (χ4v) is 2.02. The Morgan fingerprint density at radius 2 is 1.68 bits per heavy atom. The standard InChI is InChI=1S/C13H21F4NO/c1-5-9-10(6-2)12(14,13(15,16)17)11(19)18(7-3)8-4/h6,10H,2,5,7-9H2,1,3-4H3/t10?,12-/m1/s1. The van der Waals surface area contributed by atoms with Crippen LogP contribution in [0.1, 0.15) is 33.6 Å².